The van der Waals surface area contributed by atoms with Gasteiger partial charge in [0.25, 0.3) is 0 Å². The lowest BCUT2D eigenvalue weighted by Gasteiger charge is -2.34. The van der Waals surface area contributed by atoms with Crippen molar-refractivity contribution >= 4 is 5.69 Å². The van der Waals surface area contributed by atoms with Crippen molar-refractivity contribution in [3.63, 3.8) is 0 Å². The van der Waals surface area contributed by atoms with Gasteiger partial charge in [0.05, 0.1) is 19.3 Å². The van der Waals surface area contributed by atoms with E-state index < -0.39 is 6.10 Å². The van der Waals surface area contributed by atoms with E-state index in [1.165, 1.54) is 16.8 Å². The maximum absolute atomic E-state index is 11.2. The van der Waals surface area contributed by atoms with Crippen LogP contribution in [0, 0.1) is 0 Å². The zero-order valence-electron chi connectivity index (χ0n) is 17.5. The Bertz CT molecular complexity index is 945. The molecule has 1 aliphatic rings. The van der Waals surface area contributed by atoms with Gasteiger partial charge in [0.2, 0.25) is 0 Å². The number of hydrogen-bond donors (Lipinski definition) is 2. The highest BCUT2D eigenvalue weighted by atomic mass is 16.5. The second-order valence-corrected chi connectivity index (χ2v) is 7.88. The molecule has 0 aliphatic carbocycles. The van der Waals surface area contributed by atoms with Gasteiger partial charge in [0, 0.05) is 25.3 Å². The molecular formula is C26H30N2O2. The summed E-state index contributed by atoms with van der Waals surface area (Å²) in [4.78, 5) is 2.39. The van der Waals surface area contributed by atoms with Crippen LogP contribution in [0.25, 0.3) is 0 Å². The van der Waals surface area contributed by atoms with Gasteiger partial charge in [-0.2, -0.15) is 0 Å². The van der Waals surface area contributed by atoms with Crippen LogP contribution in [0.15, 0.2) is 78.9 Å². The fourth-order valence-electron chi connectivity index (χ4n) is 4.30. The van der Waals surface area contributed by atoms with E-state index >= 15 is 0 Å². The smallest absolute Gasteiger partial charge is 0.119 e. The molecule has 30 heavy (non-hydrogen) atoms. The average Bonchev–Trinajstić information content (AvgIpc) is 3.22. The summed E-state index contributed by atoms with van der Waals surface area (Å²) in [6.07, 6.45) is 1.37. The summed E-state index contributed by atoms with van der Waals surface area (Å²) in [5, 5.41) is 14.6. The summed E-state index contributed by atoms with van der Waals surface area (Å²) in [6, 6.07) is 27.1. The highest BCUT2D eigenvalue weighted by Gasteiger charge is 2.30. The third-order valence-corrected chi connectivity index (χ3v) is 5.87. The van der Waals surface area contributed by atoms with Crippen LogP contribution in [0.3, 0.4) is 0 Å². The van der Waals surface area contributed by atoms with E-state index in [2.05, 4.69) is 64.8 Å². The van der Waals surface area contributed by atoms with Gasteiger partial charge < -0.3 is 20.1 Å². The molecular weight excluding hydrogens is 372 g/mol. The van der Waals surface area contributed by atoms with Gasteiger partial charge in [-0.1, -0.05) is 60.7 Å². The molecule has 4 rings (SSSR count). The van der Waals surface area contributed by atoms with Crippen LogP contribution in [-0.2, 0) is 19.4 Å². The Balaban J connectivity index is 1.46. The normalized spacial score (nSPS) is 14.9. The first-order chi connectivity index (χ1) is 14.7. The molecule has 0 aromatic heterocycles. The lowest BCUT2D eigenvalue weighted by molar-refractivity contribution is 0.137. The second kappa shape index (κ2) is 9.79. The maximum Gasteiger partial charge on any atom is 0.119 e. The molecule has 2 N–H and O–H groups in total. The molecule has 156 valence electrons. The molecule has 1 aliphatic heterocycles. The minimum absolute atomic E-state index is 0.0221. The van der Waals surface area contributed by atoms with Crippen molar-refractivity contribution in [3.8, 4) is 5.75 Å². The van der Waals surface area contributed by atoms with Crippen LogP contribution < -0.4 is 15.0 Å². The van der Waals surface area contributed by atoms with E-state index in [-0.39, 0.29) is 6.04 Å². The SMILES string of the molecule is COc1cccc(CNC[C@@H](O)[C@H](Cc2ccccc2)N2CCc3ccccc32)c1. The van der Waals surface area contributed by atoms with Crippen molar-refractivity contribution in [1.29, 1.82) is 0 Å². The summed E-state index contributed by atoms with van der Waals surface area (Å²) in [6.45, 7) is 2.18. The van der Waals surface area contributed by atoms with Gasteiger partial charge in [-0.15, -0.1) is 0 Å². The molecule has 3 aromatic carbocycles. The molecule has 4 nitrogen and oxygen atoms in total. The zero-order chi connectivity index (χ0) is 20.8. The number of benzene rings is 3. The number of hydrogen-bond acceptors (Lipinski definition) is 4. The number of nitrogens with one attached hydrogen (secondary N) is 1. The van der Waals surface area contributed by atoms with Crippen molar-refractivity contribution in [1.82, 2.24) is 5.32 Å². The Morgan fingerprint density at radius 1 is 0.967 bits per heavy atom. The maximum atomic E-state index is 11.2. The lowest BCUT2D eigenvalue weighted by atomic mass is 9.99. The number of anilines is 1. The summed E-state index contributed by atoms with van der Waals surface area (Å²) in [7, 11) is 1.68. The number of methoxy groups -OCH3 is 1. The van der Waals surface area contributed by atoms with Crippen LogP contribution in [-0.4, -0.2) is 37.5 Å². The molecule has 1 heterocycles. The van der Waals surface area contributed by atoms with Gasteiger partial charge in [0.15, 0.2) is 0 Å². The van der Waals surface area contributed by atoms with Gasteiger partial charge in [-0.05, 0) is 47.7 Å². The topological polar surface area (TPSA) is 44.7 Å². The van der Waals surface area contributed by atoms with Crippen molar-refractivity contribution < 1.29 is 9.84 Å². The number of aliphatic hydroxyl groups excluding tert-OH is 1. The molecule has 3 aromatic rings. The van der Waals surface area contributed by atoms with Crippen LogP contribution in [0.1, 0.15) is 16.7 Å². The quantitative estimate of drug-likeness (QED) is 0.571. The molecule has 4 heteroatoms. The molecule has 0 fully saturated rings. The molecule has 0 unspecified atom stereocenters. The predicted octanol–water partition coefficient (Wildman–Crippen LogP) is 3.82. The Labute approximate surface area is 179 Å². The molecule has 0 saturated carbocycles. The van der Waals surface area contributed by atoms with Gasteiger partial charge in [0.1, 0.15) is 5.75 Å². The number of nitrogens with zero attached hydrogens (tertiary/aromatic N) is 1. The van der Waals surface area contributed by atoms with Crippen molar-refractivity contribution in [2.24, 2.45) is 0 Å². The Hall–Kier alpha value is -2.82. The largest absolute Gasteiger partial charge is 0.497 e. The average molecular weight is 403 g/mol. The highest BCUT2D eigenvalue weighted by Crippen LogP contribution is 2.31. The van der Waals surface area contributed by atoms with Crippen LogP contribution >= 0.6 is 0 Å². The van der Waals surface area contributed by atoms with Gasteiger partial charge in [-0.3, -0.25) is 0 Å². The molecule has 2 atom stereocenters. The summed E-state index contributed by atoms with van der Waals surface area (Å²) < 4.78 is 5.30. The zero-order valence-corrected chi connectivity index (χ0v) is 17.5. The minimum atomic E-state index is -0.484. The summed E-state index contributed by atoms with van der Waals surface area (Å²) >= 11 is 0. The first-order valence-corrected chi connectivity index (χ1v) is 10.6. The second-order valence-electron chi connectivity index (χ2n) is 7.88. The van der Waals surface area contributed by atoms with Crippen LogP contribution in [0.4, 0.5) is 5.69 Å². The van der Waals surface area contributed by atoms with Crippen LogP contribution in [0.2, 0.25) is 0 Å². The van der Waals surface area contributed by atoms with E-state index in [4.69, 9.17) is 4.74 Å². The predicted molar refractivity (Wildman–Crippen MR) is 122 cm³/mol. The fraction of sp³-hybridized carbons (Fsp3) is 0.308. The van der Waals surface area contributed by atoms with E-state index in [1.807, 2.05) is 24.3 Å². The van der Waals surface area contributed by atoms with E-state index in [0.29, 0.717) is 13.1 Å². The van der Waals surface area contributed by atoms with E-state index in [1.54, 1.807) is 7.11 Å². The summed E-state index contributed by atoms with van der Waals surface area (Å²) in [5.41, 5.74) is 5.02. The Morgan fingerprint density at radius 2 is 1.73 bits per heavy atom. The first kappa shape index (κ1) is 20.5. The number of ether oxygens (including phenoxy) is 1. The number of fused-ring (bicyclic) bond motifs is 1. The third kappa shape index (κ3) is 4.84. The van der Waals surface area contributed by atoms with Crippen LogP contribution in [0.5, 0.6) is 5.75 Å². The number of para-hydroxylation sites is 1. The molecule has 0 spiro atoms. The van der Waals surface area contributed by atoms with E-state index in [0.717, 1.165) is 30.7 Å². The minimum Gasteiger partial charge on any atom is -0.497 e. The highest BCUT2D eigenvalue weighted by molar-refractivity contribution is 5.59. The molecule has 0 bridgehead atoms. The molecule has 0 radical (unpaired) electrons. The van der Waals surface area contributed by atoms with Crippen molar-refractivity contribution in [3.05, 3.63) is 95.6 Å². The Kier molecular flexibility index (Phi) is 6.67. The van der Waals surface area contributed by atoms with Gasteiger partial charge in [-0.25, -0.2) is 0 Å². The monoisotopic (exact) mass is 402 g/mol. The molecule has 0 amide bonds. The Morgan fingerprint density at radius 3 is 2.57 bits per heavy atom. The number of aliphatic hydroxyl groups is 1. The van der Waals surface area contributed by atoms with Crippen molar-refractivity contribution in [2.75, 3.05) is 25.1 Å². The van der Waals surface area contributed by atoms with E-state index in [9.17, 15) is 5.11 Å². The summed E-state index contributed by atoms with van der Waals surface area (Å²) in [5.74, 6) is 0.852. The fourth-order valence-corrected chi connectivity index (χ4v) is 4.30. The van der Waals surface area contributed by atoms with Gasteiger partial charge >= 0.3 is 0 Å². The standard InChI is InChI=1S/C26H30N2O2/c1-30-23-12-7-10-21(16-23)18-27-19-26(29)25(17-20-8-3-2-4-9-20)28-15-14-22-11-5-6-13-24(22)28/h2-13,16,25-27,29H,14-15,17-19H2,1H3/t25-,26+/m0/s1. The van der Waals surface area contributed by atoms with Crippen molar-refractivity contribution in [2.45, 2.75) is 31.5 Å². The third-order valence-electron chi connectivity index (χ3n) is 5.87. The number of rotatable bonds is 9. The first-order valence-electron chi connectivity index (χ1n) is 10.6. The molecule has 0 saturated heterocycles. The lowest BCUT2D eigenvalue weighted by Crippen LogP contribution is -2.48.